The highest BCUT2D eigenvalue weighted by Crippen LogP contribution is 2.35. The summed E-state index contributed by atoms with van der Waals surface area (Å²) in [6.45, 7) is 6.95. The molecule has 1 aromatic heterocycles. The van der Waals surface area contributed by atoms with Crippen LogP contribution in [-0.4, -0.2) is 90.9 Å². The van der Waals surface area contributed by atoms with Crippen LogP contribution in [-0.2, 0) is 11.8 Å². The van der Waals surface area contributed by atoms with Crippen molar-refractivity contribution in [1.82, 2.24) is 24.7 Å². The van der Waals surface area contributed by atoms with E-state index in [1.54, 1.807) is 35.9 Å². The van der Waals surface area contributed by atoms with Gasteiger partial charge >= 0.3 is 0 Å². The summed E-state index contributed by atoms with van der Waals surface area (Å²) >= 11 is 6.19. The molecule has 2 aliphatic rings. The van der Waals surface area contributed by atoms with Gasteiger partial charge in [0, 0.05) is 56.0 Å². The Morgan fingerprint density at radius 3 is 2.42 bits per heavy atom. The van der Waals surface area contributed by atoms with Crippen molar-refractivity contribution >= 4 is 35.4 Å². The Bertz CT molecular complexity index is 1460. The van der Waals surface area contributed by atoms with E-state index >= 15 is 0 Å². The molecule has 3 heterocycles. The number of carbonyl (C=O) groups is 3. The van der Waals surface area contributed by atoms with Crippen LogP contribution in [0, 0.1) is 18.7 Å². The van der Waals surface area contributed by atoms with Gasteiger partial charge in [0.15, 0.2) is 17.4 Å². The van der Waals surface area contributed by atoms with Crippen molar-refractivity contribution in [3.05, 3.63) is 64.3 Å². The molecule has 0 spiro atoms. The molecule has 12 heteroatoms. The molecule has 2 aliphatic heterocycles. The first-order valence-electron chi connectivity index (χ1n) is 14.2. The van der Waals surface area contributed by atoms with Crippen molar-refractivity contribution in [1.29, 1.82) is 0 Å². The van der Waals surface area contributed by atoms with Crippen molar-refractivity contribution in [3.8, 4) is 17.0 Å². The van der Waals surface area contributed by atoms with Gasteiger partial charge in [0.25, 0.3) is 11.8 Å². The molecule has 0 atom stereocenters. The van der Waals surface area contributed by atoms with Gasteiger partial charge in [-0.2, -0.15) is 0 Å². The van der Waals surface area contributed by atoms with Crippen LogP contribution in [0.25, 0.3) is 11.3 Å². The number of aryl methyl sites for hydroxylation is 1. The fourth-order valence-corrected chi connectivity index (χ4v) is 5.34. The number of hydrogen-bond donors (Lipinski definition) is 2. The summed E-state index contributed by atoms with van der Waals surface area (Å²) in [6.07, 6.45) is 4.60. The molecule has 0 aliphatic carbocycles. The lowest BCUT2D eigenvalue weighted by atomic mass is 10.0. The quantitative estimate of drug-likeness (QED) is 0.405. The van der Waals surface area contributed by atoms with Crippen LogP contribution in [0.4, 0.5) is 10.1 Å². The molecule has 43 heavy (non-hydrogen) atoms. The first kappa shape index (κ1) is 32.1. The third kappa shape index (κ3) is 7.59. The SMILES string of the molecule is COc1ccc(-c2cnc(C(=O)Nc3ccc(C(=O)N4CCN(C)CC4)c(C)c3)n2C)c(Cl)c1F.O=CC1CCNCC1. The van der Waals surface area contributed by atoms with Crippen LogP contribution in [0.1, 0.15) is 39.4 Å². The summed E-state index contributed by atoms with van der Waals surface area (Å²) in [4.78, 5) is 44.2. The van der Waals surface area contributed by atoms with Crippen molar-refractivity contribution in [2.45, 2.75) is 19.8 Å². The van der Waals surface area contributed by atoms with Crippen LogP contribution in [0.2, 0.25) is 5.02 Å². The van der Waals surface area contributed by atoms with E-state index in [0.717, 1.165) is 50.9 Å². The molecule has 0 bridgehead atoms. The Kier molecular flexibility index (Phi) is 10.9. The first-order valence-corrected chi connectivity index (χ1v) is 14.6. The number of imidazole rings is 1. The van der Waals surface area contributed by atoms with Gasteiger partial charge in [0.05, 0.1) is 24.0 Å². The van der Waals surface area contributed by atoms with E-state index in [0.29, 0.717) is 41.5 Å². The number of nitrogens with one attached hydrogen (secondary N) is 2. The zero-order valence-corrected chi connectivity index (χ0v) is 25.7. The number of methoxy groups -OCH3 is 1. The number of aldehydes is 1. The zero-order chi connectivity index (χ0) is 31.1. The van der Waals surface area contributed by atoms with E-state index < -0.39 is 11.7 Å². The van der Waals surface area contributed by atoms with Gasteiger partial charge in [-0.3, -0.25) is 9.59 Å². The van der Waals surface area contributed by atoms with Gasteiger partial charge < -0.3 is 34.5 Å². The average Bonchev–Trinajstić information content (AvgIpc) is 3.40. The lowest BCUT2D eigenvalue weighted by Crippen LogP contribution is -2.47. The number of amides is 2. The maximum Gasteiger partial charge on any atom is 0.291 e. The number of anilines is 1. The number of benzene rings is 2. The number of piperazine rings is 1. The minimum Gasteiger partial charge on any atom is -0.494 e. The molecule has 3 aromatic rings. The number of ether oxygens (including phenoxy) is 1. The number of carbonyl (C=O) groups excluding carboxylic acids is 3. The van der Waals surface area contributed by atoms with Gasteiger partial charge in [-0.25, -0.2) is 9.37 Å². The highest BCUT2D eigenvalue weighted by atomic mass is 35.5. The summed E-state index contributed by atoms with van der Waals surface area (Å²) < 4.78 is 20.9. The average molecular weight is 613 g/mol. The van der Waals surface area contributed by atoms with E-state index in [1.807, 2.05) is 18.9 Å². The van der Waals surface area contributed by atoms with E-state index in [1.165, 1.54) is 19.4 Å². The lowest BCUT2D eigenvalue weighted by Gasteiger charge is -2.32. The molecule has 0 radical (unpaired) electrons. The summed E-state index contributed by atoms with van der Waals surface area (Å²) in [7, 11) is 5.05. The Morgan fingerprint density at radius 1 is 1.12 bits per heavy atom. The van der Waals surface area contributed by atoms with E-state index in [-0.39, 0.29) is 22.5 Å². The molecule has 10 nitrogen and oxygen atoms in total. The maximum atomic E-state index is 14.4. The number of piperidine rings is 1. The molecule has 2 fully saturated rings. The van der Waals surface area contributed by atoms with Crippen LogP contribution in [0.5, 0.6) is 5.75 Å². The summed E-state index contributed by atoms with van der Waals surface area (Å²) in [5.74, 6) is -0.629. The van der Waals surface area contributed by atoms with Crippen LogP contribution in [0.3, 0.4) is 0 Å². The Morgan fingerprint density at radius 2 is 1.81 bits per heavy atom. The smallest absolute Gasteiger partial charge is 0.291 e. The van der Waals surface area contributed by atoms with Crippen molar-refractivity contribution in [3.63, 3.8) is 0 Å². The van der Waals surface area contributed by atoms with Gasteiger partial charge in [-0.15, -0.1) is 0 Å². The molecule has 2 N–H and O–H groups in total. The number of halogens is 2. The van der Waals surface area contributed by atoms with Crippen molar-refractivity contribution < 1.29 is 23.5 Å². The Labute approximate surface area is 256 Å². The van der Waals surface area contributed by atoms with Gasteiger partial charge in [0.1, 0.15) is 6.29 Å². The molecular weight excluding hydrogens is 575 g/mol. The number of likely N-dealkylation sites (N-methyl/N-ethyl adjacent to an activating group) is 1. The van der Waals surface area contributed by atoms with Gasteiger partial charge in [-0.05, 0) is 75.8 Å². The minimum absolute atomic E-state index is 0.00850. The molecule has 0 unspecified atom stereocenters. The van der Waals surface area contributed by atoms with Crippen molar-refractivity contribution in [2.75, 3.05) is 58.7 Å². The highest BCUT2D eigenvalue weighted by molar-refractivity contribution is 6.33. The molecule has 2 amide bonds. The first-order chi connectivity index (χ1) is 20.6. The monoisotopic (exact) mass is 612 g/mol. The van der Waals surface area contributed by atoms with E-state index in [4.69, 9.17) is 16.3 Å². The standard InChI is InChI=1S/C25H27ClFN5O3.C6H11NO/c1-15-13-16(5-6-17(15)25(34)32-11-9-30(2)10-12-32)29-24(33)23-28-14-19(31(23)3)18-7-8-20(35-4)22(27)21(18)26;8-5-6-1-3-7-4-2-6/h5-8,13-14H,9-12H2,1-4H3,(H,29,33);5-7H,1-4H2. The Hall–Kier alpha value is -3.80. The van der Waals surface area contributed by atoms with E-state index in [9.17, 15) is 18.8 Å². The molecule has 2 saturated heterocycles. The normalized spacial score (nSPS) is 15.8. The number of nitrogens with zero attached hydrogens (tertiary/aromatic N) is 4. The second-order valence-electron chi connectivity index (χ2n) is 10.8. The van der Waals surface area contributed by atoms with Crippen molar-refractivity contribution in [2.24, 2.45) is 13.0 Å². The second-order valence-corrected chi connectivity index (χ2v) is 11.2. The second kappa shape index (κ2) is 14.6. The van der Waals surface area contributed by atoms with Gasteiger partial charge in [-0.1, -0.05) is 11.6 Å². The maximum absolute atomic E-state index is 14.4. The summed E-state index contributed by atoms with van der Waals surface area (Å²) in [5, 5.41) is 5.89. The third-order valence-corrected chi connectivity index (χ3v) is 8.18. The third-order valence-electron chi connectivity index (χ3n) is 7.82. The van der Waals surface area contributed by atoms with Gasteiger partial charge in [0.2, 0.25) is 0 Å². The zero-order valence-electron chi connectivity index (χ0n) is 25.0. The predicted octanol–water partition coefficient (Wildman–Crippen LogP) is 4.02. The summed E-state index contributed by atoms with van der Waals surface area (Å²) in [6, 6.07) is 8.28. The minimum atomic E-state index is -0.680. The van der Waals surface area contributed by atoms with Crippen LogP contribution in [0.15, 0.2) is 36.5 Å². The molecule has 5 rings (SSSR count). The fourth-order valence-electron chi connectivity index (χ4n) is 5.09. The fraction of sp³-hybridized carbons (Fsp3) is 0.419. The number of hydrogen-bond acceptors (Lipinski definition) is 7. The van der Waals surface area contributed by atoms with E-state index in [2.05, 4.69) is 20.5 Å². The summed E-state index contributed by atoms with van der Waals surface area (Å²) in [5.41, 5.74) is 2.80. The predicted molar refractivity (Wildman–Crippen MR) is 164 cm³/mol. The molecular formula is C31H38ClFN6O4. The highest BCUT2D eigenvalue weighted by Gasteiger charge is 2.23. The number of rotatable bonds is 6. The molecule has 230 valence electrons. The molecule has 0 saturated carbocycles. The molecule has 2 aromatic carbocycles. The largest absolute Gasteiger partial charge is 0.494 e. The Balaban J connectivity index is 0.000000458. The van der Waals surface area contributed by atoms with Crippen LogP contribution < -0.4 is 15.4 Å². The lowest BCUT2D eigenvalue weighted by molar-refractivity contribution is -0.111. The number of aromatic nitrogens is 2. The topological polar surface area (TPSA) is 109 Å². The van der Waals surface area contributed by atoms with Crippen LogP contribution >= 0.6 is 11.6 Å².